The molecule has 0 heterocycles. The predicted octanol–water partition coefficient (Wildman–Crippen LogP) is 6.12. The summed E-state index contributed by atoms with van der Waals surface area (Å²) >= 11 is 3.15. The van der Waals surface area contributed by atoms with Crippen molar-refractivity contribution in [1.82, 2.24) is 0 Å². The monoisotopic (exact) mass is 367 g/mol. The molecule has 0 aliphatic heterocycles. The van der Waals surface area contributed by atoms with E-state index in [4.69, 9.17) is 0 Å². The molecule has 0 atom stereocenters. The van der Waals surface area contributed by atoms with Crippen molar-refractivity contribution in [2.75, 3.05) is 11.9 Å². The van der Waals surface area contributed by atoms with Crippen LogP contribution in [0.3, 0.4) is 0 Å². The van der Waals surface area contributed by atoms with Gasteiger partial charge in [0.25, 0.3) is 0 Å². The van der Waals surface area contributed by atoms with Crippen LogP contribution in [0.4, 0.5) is 18.9 Å². The molecular weight excluding hydrogens is 347 g/mol. The zero-order valence-electron chi connectivity index (χ0n) is 12.1. The van der Waals surface area contributed by atoms with Gasteiger partial charge in [-0.2, -0.15) is 0 Å². The first-order chi connectivity index (χ1) is 9.92. The standard InChI is InChI=1S/C15H21BrF3NO/c1-2-3-4-5-6-7-10-20-13-9-8-12(16)11-14(13)21-15(17,18)19/h8-9,11,20H,2-7,10H2,1H3. The van der Waals surface area contributed by atoms with E-state index in [1.54, 1.807) is 12.1 Å². The van der Waals surface area contributed by atoms with Crippen molar-refractivity contribution >= 4 is 21.6 Å². The maximum absolute atomic E-state index is 12.3. The molecule has 0 saturated carbocycles. The third-order valence-corrected chi connectivity index (χ3v) is 3.51. The van der Waals surface area contributed by atoms with Crippen LogP contribution in [-0.2, 0) is 0 Å². The van der Waals surface area contributed by atoms with Crippen molar-refractivity contribution in [1.29, 1.82) is 0 Å². The fraction of sp³-hybridized carbons (Fsp3) is 0.600. The average molecular weight is 368 g/mol. The first-order valence-corrected chi connectivity index (χ1v) is 8.01. The summed E-state index contributed by atoms with van der Waals surface area (Å²) in [6.07, 6.45) is 2.17. The number of alkyl halides is 3. The maximum atomic E-state index is 12.3. The Morgan fingerprint density at radius 3 is 2.43 bits per heavy atom. The van der Waals surface area contributed by atoms with Gasteiger partial charge in [0.05, 0.1) is 5.69 Å². The van der Waals surface area contributed by atoms with Crippen LogP contribution in [0.5, 0.6) is 5.75 Å². The van der Waals surface area contributed by atoms with Gasteiger partial charge in [-0.25, -0.2) is 0 Å². The van der Waals surface area contributed by atoms with Crippen LogP contribution >= 0.6 is 15.9 Å². The molecule has 0 aliphatic carbocycles. The Balaban J connectivity index is 2.43. The second-order valence-electron chi connectivity index (χ2n) is 4.88. The molecule has 1 rings (SSSR count). The molecule has 0 fully saturated rings. The Labute approximate surface area is 132 Å². The van der Waals surface area contributed by atoms with Gasteiger partial charge in [0.2, 0.25) is 0 Å². The van der Waals surface area contributed by atoms with E-state index in [1.165, 1.54) is 31.7 Å². The fourth-order valence-corrected chi connectivity index (χ4v) is 2.32. The third kappa shape index (κ3) is 8.19. The molecule has 1 aromatic carbocycles. The van der Waals surface area contributed by atoms with E-state index in [2.05, 4.69) is 32.9 Å². The number of unbranched alkanes of at least 4 members (excludes halogenated alkanes) is 5. The Bertz CT molecular complexity index is 424. The van der Waals surface area contributed by atoms with Crippen molar-refractivity contribution in [2.45, 2.75) is 51.8 Å². The van der Waals surface area contributed by atoms with Crippen LogP contribution in [0.25, 0.3) is 0 Å². The molecule has 1 N–H and O–H groups in total. The molecule has 0 bridgehead atoms. The Morgan fingerprint density at radius 1 is 1.10 bits per heavy atom. The zero-order valence-corrected chi connectivity index (χ0v) is 13.7. The molecular formula is C15H21BrF3NO. The second-order valence-corrected chi connectivity index (χ2v) is 5.80. The summed E-state index contributed by atoms with van der Waals surface area (Å²) in [5.74, 6) is -0.206. The topological polar surface area (TPSA) is 21.3 Å². The van der Waals surface area contributed by atoms with E-state index in [9.17, 15) is 13.2 Å². The number of hydrogen-bond acceptors (Lipinski definition) is 2. The van der Waals surface area contributed by atoms with Crippen molar-refractivity contribution in [3.63, 3.8) is 0 Å². The molecule has 1 aromatic rings. The largest absolute Gasteiger partial charge is 0.573 e. The SMILES string of the molecule is CCCCCCCCNc1ccc(Br)cc1OC(F)(F)F. The zero-order chi connectivity index (χ0) is 15.7. The van der Waals surface area contributed by atoms with E-state index in [-0.39, 0.29) is 5.75 Å². The number of halogens is 4. The number of ether oxygens (including phenoxy) is 1. The average Bonchev–Trinajstić information content (AvgIpc) is 2.38. The van der Waals surface area contributed by atoms with Crippen LogP contribution in [0.15, 0.2) is 22.7 Å². The summed E-state index contributed by atoms with van der Waals surface area (Å²) in [6, 6.07) is 4.59. The lowest BCUT2D eigenvalue weighted by atomic mass is 10.1. The molecule has 0 amide bonds. The van der Waals surface area contributed by atoms with Crippen molar-refractivity contribution in [3.8, 4) is 5.75 Å². The number of benzene rings is 1. The van der Waals surface area contributed by atoms with Gasteiger partial charge in [0.15, 0.2) is 5.75 Å². The van der Waals surface area contributed by atoms with E-state index >= 15 is 0 Å². The van der Waals surface area contributed by atoms with Gasteiger partial charge >= 0.3 is 6.36 Å². The quantitative estimate of drug-likeness (QED) is 0.530. The highest BCUT2D eigenvalue weighted by molar-refractivity contribution is 9.10. The fourth-order valence-electron chi connectivity index (χ4n) is 1.98. The predicted molar refractivity (Wildman–Crippen MR) is 82.7 cm³/mol. The van der Waals surface area contributed by atoms with Gasteiger partial charge in [-0.3, -0.25) is 0 Å². The number of rotatable bonds is 9. The molecule has 0 unspecified atom stereocenters. The molecule has 120 valence electrons. The molecule has 2 nitrogen and oxygen atoms in total. The summed E-state index contributed by atoms with van der Waals surface area (Å²) in [4.78, 5) is 0. The Morgan fingerprint density at radius 2 is 1.76 bits per heavy atom. The van der Waals surface area contributed by atoms with Crippen LogP contribution < -0.4 is 10.1 Å². The summed E-state index contributed by atoms with van der Waals surface area (Å²) in [5, 5.41) is 3.01. The normalized spacial score (nSPS) is 11.5. The number of nitrogens with one attached hydrogen (secondary N) is 1. The minimum atomic E-state index is -4.68. The highest BCUT2D eigenvalue weighted by Gasteiger charge is 2.32. The molecule has 0 aromatic heterocycles. The third-order valence-electron chi connectivity index (χ3n) is 3.02. The van der Waals surface area contributed by atoms with Gasteiger partial charge in [-0.1, -0.05) is 55.0 Å². The summed E-state index contributed by atoms with van der Waals surface area (Å²) in [7, 11) is 0. The van der Waals surface area contributed by atoms with Crippen LogP contribution in [-0.4, -0.2) is 12.9 Å². The van der Waals surface area contributed by atoms with Gasteiger partial charge in [0.1, 0.15) is 0 Å². The van der Waals surface area contributed by atoms with E-state index in [1.807, 2.05) is 0 Å². The van der Waals surface area contributed by atoms with Crippen LogP contribution in [0, 0.1) is 0 Å². The highest BCUT2D eigenvalue weighted by Crippen LogP contribution is 2.32. The lowest BCUT2D eigenvalue weighted by molar-refractivity contribution is -0.274. The lowest BCUT2D eigenvalue weighted by Crippen LogP contribution is -2.18. The molecule has 0 saturated heterocycles. The smallest absolute Gasteiger partial charge is 0.404 e. The Hall–Kier alpha value is -0.910. The summed E-state index contributed by atoms with van der Waals surface area (Å²) in [5.41, 5.74) is 0.365. The van der Waals surface area contributed by atoms with Gasteiger partial charge < -0.3 is 10.1 Å². The second kappa shape index (κ2) is 9.18. The minimum absolute atomic E-state index is 0.206. The molecule has 0 spiro atoms. The van der Waals surface area contributed by atoms with Crippen molar-refractivity contribution in [3.05, 3.63) is 22.7 Å². The summed E-state index contributed by atoms with van der Waals surface area (Å²) < 4.78 is 41.6. The number of hydrogen-bond donors (Lipinski definition) is 1. The van der Waals surface area contributed by atoms with E-state index in [0.29, 0.717) is 16.7 Å². The van der Waals surface area contributed by atoms with Crippen molar-refractivity contribution in [2.24, 2.45) is 0 Å². The number of anilines is 1. The lowest BCUT2D eigenvalue weighted by Gasteiger charge is -2.15. The van der Waals surface area contributed by atoms with Crippen LogP contribution in [0.2, 0.25) is 0 Å². The van der Waals surface area contributed by atoms with Gasteiger partial charge in [-0.15, -0.1) is 13.2 Å². The van der Waals surface area contributed by atoms with Crippen molar-refractivity contribution < 1.29 is 17.9 Å². The van der Waals surface area contributed by atoms with E-state index < -0.39 is 6.36 Å². The molecule has 21 heavy (non-hydrogen) atoms. The summed E-state index contributed by atoms with van der Waals surface area (Å²) in [6.45, 7) is 2.80. The molecule has 0 radical (unpaired) electrons. The first kappa shape index (κ1) is 18.1. The van der Waals surface area contributed by atoms with Gasteiger partial charge in [-0.05, 0) is 24.6 Å². The molecule has 0 aliphatic rings. The minimum Gasteiger partial charge on any atom is -0.404 e. The highest BCUT2D eigenvalue weighted by atomic mass is 79.9. The van der Waals surface area contributed by atoms with E-state index in [0.717, 1.165) is 12.8 Å². The Kier molecular flexibility index (Phi) is 7.93. The first-order valence-electron chi connectivity index (χ1n) is 7.21. The maximum Gasteiger partial charge on any atom is 0.573 e. The van der Waals surface area contributed by atoms with Crippen LogP contribution in [0.1, 0.15) is 45.4 Å². The van der Waals surface area contributed by atoms with Gasteiger partial charge in [0, 0.05) is 11.0 Å². The molecule has 6 heteroatoms.